The number of alkyl halides is 3. The maximum atomic E-state index is 12.0. The van der Waals surface area contributed by atoms with Crippen LogP contribution in [0, 0.1) is 0 Å². The van der Waals surface area contributed by atoms with Crippen LogP contribution in [0.4, 0.5) is 13.2 Å². The van der Waals surface area contributed by atoms with Gasteiger partial charge in [-0.05, 0) is 12.8 Å². The standard InChI is InChI=1S/C8H11F3N2O3/c9-8(10,11)6(15)16-7(5(13)14)2-1-4(12)3-7/h4H,1-3,12H2,(H2,13,14)/t4-,7-/m0/s1. The Morgan fingerprint density at radius 3 is 2.25 bits per heavy atom. The highest BCUT2D eigenvalue weighted by molar-refractivity contribution is 5.88. The number of carbonyl (C=O) groups is 2. The summed E-state index contributed by atoms with van der Waals surface area (Å²) < 4.78 is 40.1. The zero-order chi connectivity index (χ0) is 12.6. The zero-order valence-corrected chi connectivity index (χ0v) is 8.21. The van der Waals surface area contributed by atoms with E-state index in [-0.39, 0.29) is 19.3 Å². The summed E-state index contributed by atoms with van der Waals surface area (Å²) in [7, 11) is 0. The zero-order valence-electron chi connectivity index (χ0n) is 8.21. The first kappa shape index (κ1) is 12.8. The quantitative estimate of drug-likeness (QED) is 0.655. The molecule has 0 radical (unpaired) electrons. The van der Waals surface area contributed by atoms with Crippen LogP contribution in [-0.4, -0.2) is 29.7 Å². The van der Waals surface area contributed by atoms with Crippen LogP contribution in [0.15, 0.2) is 0 Å². The Kier molecular flexibility index (Phi) is 3.13. The second-order valence-electron chi connectivity index (χ2n) is 3.75. The average molecular weight is 240 g/mol. The third-order valence-corrected chi connectivity index (χ3v) is 2.48. The Morgan fingerprint density at radius 2 is 1.94 bits per heavy atom. The number of ether oxygens (including phenoxy) is 1. The predicted octanol–water partition coefficient (Wildman–Crippen LogP) is -0.173. The molecule has 1 aliphatic rings. The second-order valence-corrected chi connectivity index (χ2v) is 3.75. The number of esters is 1. The first-order valence-corrected chi connectivity index (χ1v) is 4.53. The molecule has 1 rings (SSSR count). The third-order valence-electron chi connectivity index (χ3n) is 2.48. The largest absolute Gasteiger partial charge is 0.490 e. The highest BCUT2D eigenvalue weighted by Gasteiger charge is 2.52. The third kappa shape index (κ3) is 2.43. The Morgan fingerprint density at radius 1 is 1.38 bits per heavy atom. The van der Waals surface area contributed by atoms with E-state index >= 15 is 0 Å². The molecule has 8 heteroatoms. The molecule has 92 valence electrons. The van der Waals surface area contributed by atoms with Crippen molar-refractivity contribution >= 4 is 11.9 Å². The van der Waals surface area contributed by atoms with Gasteiger partial charge in [0.25, 0.3) is 5.91 Å². The lowest BCUT2D eigenvalue weighted by Crippen LogP contribution is -2.48. The van der Waals surface area contributed by atoms with Gasteiger partial charge >= 0.3 is 12.1 Å². The van der Waals surface area contributed by atoms with Crippen molar-refractivity contribution in [1.82, 2.24) is 0 Å². The number of hydrogen-bond acceptors (Lipinski definition) is 4. The summed E-state index contributed by atoms with van der Waals surface area (Å²) in [6.45, 7) is 0. The molecule has 0 aliphatic heterocycles. The van der Waals surface area contributed by atoms with E-state index < -0.39 is 29.7 Å². The van der Waals surface area contributed by atoms with Gasteiger partial charge in [-0.15, -0.1) is 0 Å². The van der Waals surface area contributed by atoms with Crippen LogP contribution < -0.4 is 11.5 Å². The Balaban J connectivity index is 2.82. The van der Waals surface area contributed by atoms with E-state index in [1.807, 2.05) is 0 Å². The summed E-state index contributed by atoms with van der Waals surface area (Å²) in [5.41, 5.74) is 8.49. The molecule has 1 fully saturated rings. The molecule has 0 unspecified atom stereocenters. The van der Waals surface area contributed by atoms with Crippen LogP contribution in [0.5, 0.6) is 0 Å². The maximum absolute atomic E-state index is 12.0. The second kappa shape index (κ2) is 3.93. The Bertz CT molecular complexity index is 318. The summed E-state index contributed by atoms with van der Waals surface area (Å²) in [4.78, 5) is 21.7. The molecule has 0 spiro atoms. The Hall–Kier alpha value is -1.31. The highest BCUT2D eigenvalue weighted by atomic mass is 19.4. The number of primary amides is 1. The fourth-order valence-electron chi connectivity index (χ4n) is 1.65. The number of hydrogen-bond donors (Lipinski definition) is 2. The van der Waals surface area contributed by atoms with E-state index in [9.17, 15) is 22.8 Å². The molecule has 0 aromatic rings. The van der Waals surface area contributed by atoms with Crippen LogP contribution >= 0.6 is 0 Å². The normalized spacial score (nSPS) is 30.1. The number of carbonyl (C=O) groups excluding carboxylic acids is 2. The maximum Gasteiger partial charge on any atom is 0.490 e. The molecule has 1 amide bonds. The van der Waals surface area contributed by atoms with Crippen molar-refractivity contribution in [2.75, 3.05) is 0 Å². The van der Waals surface area contributed by atoms with Crippen LogP contribution in [0.25, 0.3) is 0 Å². The van der Waals surface area contributed by atoms with E-state index in [0.29, 0.717) is 0 Å². The fraction of sp³-hybridized carbons (Fsp3) is 0.750. The molecule has 1 aliphatic carbocycles. The lowest BCUT2D eigenvalue weighted by molar-refractivity contribution is -0.213. The molecule has 0 aromatic carbocycles. The first-order chi connectivity index (χ1) is 7.17. The van der Waals surface area contributed by atoms with Crippen molar-refractivity contribution in [3.63, 3.8) is 0 Å². The lowest BCUT2D eigenvalue weighted by Gasteiger charge is -2.25. The first-order valence-electron chi connectivity index (χ1n) is 4.53. The minimum absolute atomic E-state index is 0.0781. The lowest BCUT2D eigenvalue weighted by atomic mass is 10.0. The molecule has 0 heterocycles. The SMILES string of the molecule is NC(=O)[C@]1(OC(=O)C(F)(F)F)CC[C@H](N)C1. The fourth-order valence-corrected chi connectivity index (χ4v) is 1.65. The topological polar surface area (TPSA) is 95.4 Å². The van der Waals surface area contributed by atoms with Crippen LogP contribution in [0.1, 0.15) is 19.3 Å². The molecule has 2 atom stereocenters. The van der Waals surface area contributed by atoms with Crippen molar-refractivity contribution < 1.29 is 27.5 Å². The number of amides is 1. The van der Waals surface area contributed by atoms with Crippen molar-refractivity contribution in [2.45, 2.75) is 37.1 Å². The Labute approximate surface area is 88.9 Å². The molecular formula is C8H11F3N2O3. The minimum atomic E-state index is -5.14. The van der Waals surface area contributed by atoms with Crippen LogP contribution in [0.2, 0.25) is 0 Å². The van der Waals surface area contributed by atoms with Gasteiger partial charge in [0.05, 0.1) is 0 Å². The molecule has 1 saturated carbocycles. The van der Waals surface area contributed by atoms with Crippen LogP contribution in [-0.2, 0) is 14.3 Å². The summed E-state index contributed by atoms with van der Waals surface area (Å²) in [6, 6.07) is -0.492. The number of rotatable bonds is 2. The van der Waals surface area contributed by atoms with Crippen molar-refractivity contribution in [2.24, 2.45) is 11.5 Å². The number of nitrogens with two attached hydrogens (primary N) is 2. The summed E-state index contributed by atoms with van der Waals surface area (Å²) in [6.07, 6.45) is -5.11. The predicted molar refractivity (Wildman–Crippen MR) is 45.9 cm³/mol. The van der Waals surface area contributed by atoms with Gasteiger partial charge in [0.1, 0.15) is 0 Å². The molecule has 0 bridgehead atoms. The van der Waals surface area contributed by atoms with Gasteiger partial charge in [-0.25, -0.2) is 4.79 Å². The number of halogens is 3. The molecular weight excluding hydrogens is 229 g/mol. The molecule has 5 nitrogen and oxygen atoms in total. The molecule has 0 saturated heterocycles. The van der Waals surface area contributed by atoms with Crippen molar-refractivity contribution in [3.8, 4) is 0 Å². The molecule has 16 heavy (non-hydrogen) atoms. The van der Waals surface area contributed by atoms with E-state index in [2.05, 4.69) is 4.74 Å². The van der Waals surface area contributed by atoms with Gasteiger partial charge in [-0.1, -0.05) is 0 Å². The summed E-state index contributed by atoms with van der Waals surface area (Å²) in [5.74, 6) is -3.52. The smallest absolute Gasteiger partial charge is 0.442 e. The minimum Gasteiger partial charge on any atom is -0.442 e. The van der Waals surface area contributed by atoms with E-state index in [1.165, 1.54) is 0 Å². The van der Waals surface area contributed by atoms with Crippen molar-refractivity contribution in [1.29, 1.82) is 0 Å². The van der Waals surface area contributed by atoms with Gasteiger partial charge < -0.3 is 16.2 Å². The van der Waals surface area contributed by atoms with E-state index in [4.69, 9.17) is 11.5 Å². The average Bonchev–Trinajstić information content (AvgIpc) is 2.47. The highest BCUT2D eigenvalue weighted by Crippen LogP contribution is 2.34. The van der Waals surface area contributed by atoms with Gasteiger partial charge in [0.15, 0.2) is 5.60 Å². The van der Waals surface area contributed by atoms with Gasteiger partial charge in [-0.3, -0.25) is 4.79 Å². The van der Waals surface area contributed by atoms with E-state index in [0.717, 1.165) is 0 Å². The molecule has 4 N–H and O–H groups in total. The van der Waals surface area contributed by atoms with Gasteiger partial charge in [0, 0.05) is 12.5 Å². The van der Waals surface area contributed by atoms with Gasteiger partial charge in [0.2, 0.25) is 0 Å². The van der Waals surface area contributed by atoms with Crippen molar-refractivity contribution in [3.05, 3.63) is 0 Å². The summed E-state index contributed by atoms with van der Waals surface area (Å²) >= 11 is 0. The van der Waals surface area contributed by atoms with Crippen LogP contribution in [0.3, 0.4) is 0 Å². The monoisotopic (exact) mass is 240 g/mol. The van der Waals surface area contributed by atoms with Gasteiger partial charge in [-0.2, -0.15) is 13.2 Å². The molecule has 0 aromatic heterocycles. The van der Waals surface area contributed by atoms with E-state index in [1.54, 1.807) is 0 Å². The summed E-state index contributed by atoms with van der Waals surface area (Å²) in [5, 5.41) is 0.